The molecule has 2 N–H and O–H groups in total. The zero-order chi connectivity index (χ0) is 20.6. The number of fused-ring (bicyclic) bond motifs is 1. The van der Waals surface area contributed by atoms with Crippen molar-refractivity contribution in [2.75, 3.05) is 5.75 Å². The lowest BCUT2D eigenvalue weighted by atomic mass is 9.97. The molecule has 1 fully saturated rings. The second kappa shape index (κ2) is 7.63. The molecule has 2 aliphatic rings. The summed E-state index contributed by atoms with van der Waals surface area (Å²) >= 11 is 1.43. The van der Waals surface area contributed by atoms with E-state index in [9.17, 15) is 29.6 Å². The smallest absolute Gasteiger partial charge is 0.352 e. The lowest BCUT2D eigenvalue weighted by Gasteiger charge is -2.50. The van der Waals surface area contributed by atoms with Gasteiger partial charge in [-0.05, 0) is 17.1 Å². The first kappa shape index (κ1) is 19.9. The van der Waals surface area contributed by atoms with Gasteiger partial charge in [-0.3, -0.25) is 24.6 Å². The Morgan fingerprint density at radius 2 is 2.00 bits per heavy atom. The molecule has 3 rings (SSSR count). The van der Waals surface area contributed by atoms with Gasteiger partial charge in [-0.15, -0.1) is 11.8 Å². The van der Waals surface area contributed by atoms with Gasteiger partial charge in [-0.1, -0.05) is 26.0 Å². The van der Waals surface area contributed by atoms with Crippen molar-refractivity contribution in [3.8, 4) is 0 Å². The van der Waals surface area contributed by atoms with Gasteiger partial charge in [0.15, 0.2) is 0 Å². The summed E-state index contributed by atoms with van der Waals surface area (Å²) in [5.74, 6) is -1.49. The van der Waals surface area contributed by atoms with Crippen molar-refractivity contribution in [2.45, 2.75) is 31.7 Å². The van der Waals surface area contributed by atoms with Crippen molar-refractivity contribution in [3.05, 3.63) is 51.2 Å². The SMILES string of the molecule is CC(C)C1=C(C(=O)O)N2C(=O)[C@H](NC(=O)Cc3ccc([N+](=O)[O-])cc3)[C@H]2SC1. The number of non-ortho nitro benzene ring substituents is 1. The van der Waals surface area contributed by atoms with Gasteiger partial charge in [0.2, 0.25) is 5.91 Å². The predicted octanol–water partition coefficient (Wildman–Crippen LogP) is 1.53. The van der Waals surface area contributed by atoms with E-state index in [4.69, 9.17) is 0 Å². The molecule has 9 nitrogen and oxygen atoms in total. The average molecular weight is 405 g/mol. The number of nitro benzene ring substituents is 1. The highest BCUT2D eigenvalue weighted by Crippen LogP contribution is 2.42. The number of nitrogens with one attached hydrogen (secondary N) is 1. The summed E-state index contributed by atoms with van der Waals surface area (Å²) in [7, 11) is 0. The molecule has 10 heteroatoms. The fourth-order valence-corrected chi connectivity index (χ4v) is 4.79. The molecule has 1 aromatic rings. The Bertz CT molecular complexity index is 880. The number of carbonyl (C=O) groups is 3. The van der Waals surface area contributed by atoms with Crippen LogP contribution in [0, 0.1) is 16.0 Å². The van der Waals surface area contributed by atoms with E-state index in [0.29, 0.717) is 16.9 Å². The van der Waals surface area contributed by atoms with Gasteiger partial charge < -0.3 is 10.4 Å². The van der Waals surface area contributed by atoms with Crippen molar-refractivity contribution >= 4 is 35.2 Å². The number of benzene rings is 1. The molecule has 2 heterocycles. The molecule has 1 aromatic carbocycles. The van der Waals surface area contributed by atoms with Crippen LogP contribution in [-0.2, 0) is 20.8 Å². The van der Waals surface area contributed by atoms with Crippen LogP contribution >= 0.6 is 11.8 Å². The number of hydrogen-bond donors (Lipinski definition) is 2. The third-order valence-corrected chi connectivity index (χ3v) is 6.03. The topological polar surface area (TPSA) is 130 Å². The summed E-state index contributed by atoms with van der Waals surface area (Å²) in [5.41, 5.74) is 1.24. The molecule has 0 unspecified atom stereocenters. The Kier molecular flexibility index (Phi) is 5.41. The van der Waals surface area contributed by atoms with Crippen LogP contribution in [0.4, 0.5) is 5.69 Å². The van der Waals surface area contributed by atoms with Crippen molar-refractivity contribution in [1.82, 2.24) is 10.2 Å². The third kappa shape index (κ3) is 3.59. The minimum Gasteiger partial charge on any atom is -0.477 e. The number of thioether (sulfide) groups is 1. The lowest BCUT2D eigenvalue weighted by molar-refractivity contribution is -0.384. The second-order valence-corrected chi connectivity index (χ2v) is 7.99. The van der Waals surface area contributed by atoms with E-state index in [1.54, 1.807) is 0 Å². The van der Waals surface area contributed by atoms with Crippen LogP contribution in [0.25, 0.3) is 0 Å². The highest BCUT2D eigenvalue weighted by Gasteiger charge is 2.54. The van der Waals surface area contributed by atoms with Gasteiger partial charge >= 0.3 is 5.97 Å². The molecule has 0 saturated carbocycles. The minimum absolute atomic E-state index is 0.00290. The summed E-state index contributed by atoms with van der Waals surface area (Å²) in [5, 5.41) is 22.4. The zero-order valence-corrected chi connectivity index (χ0v) is 16.1. The quantitative estimate of drug-likeness (QED) is 0.417. The number of hydrogen-bond acceptors (Lipinski definition) is 6. The summed E-state index contributed by atoms with van der Waals surface area (Å²) in [4.78, 5) is 47.9. The number of carbonyl (C=O) groups excluding carboxylic acids is 2. The minimum atomic E-state index is -1.14. The van der Waals surface area contributed by atoms with Crippen LogP contribution in [0.3, 0.4) is 0 Å². The van der Waals surface area contributed by atoms with Crippen LogP contribution in [0.5, 0.6) is 0 Å². The summed E-state index contributed by atoms with van der Waals surface area (Å²) in [6.07, 6.45) is -0.0297. The van der Waals surface area contributed by atoms with E-state index in [1.165, 1.54) is 40.9 Å². The number of amides is 2. The maximum absolute atomic E-state index is 12.5. The van der Waals surface area contributed by atoms with E-state index in [-0.39, 0.29) is 23.7 Å². The maximum Gasteiger partial charge on any atom is 0.352 e. The fraction of sp³-hybridized carbons (Fsp3) is 0.389. The van der Waals surface area contributed by atoms with Crippen molar-refractivity contribution in [2.24, 2.45) is 5.92 Å². The van der Waals surface area contributed by atoms with Gasteiger partial charge in [0.1, 0.15) is 17.1 Å². The largest absolute Gasteiger partial charge is 0.477 e. The summed E-state index contributed by atoms with van der Waals surface area (Å²) in [6, 6.07) is 4.82. The summed E-state index contributed by atoms with van der Waals surface area (Å²) < 4.78 is 0. The number of nitro groups is 1. The second-order valence-electron chi connectivity index (χ2n) is 6.89. The van der Waals surface area contributed by atoms with Crippen LogP contribution in [0.15, 0.2) is 35.5 Å². The lowest BCUT2D eigenvalue weighted by Crippen LogP contribution is -2.70. The first-order chi connectivity index (χ1) is 13.2. The van der Waals surface area contributed by atoms with Crippen molar-refractivity contribution in [3.63, 3.8) is 0 Å². The number of carboxylic acid groups (broad SMARTS) is 1. The molecule has 0 spiro atoms. The number of β-lactam (4-membered cyclic amide) rings is 1. The first-order valence-electron chi connectivity index (χ1n) is 8.64. The third-order valence-electron chi connectivity index (χ3n) is 4.73. The number of rotatable bonds is 6. The molecule has 0 aromatic heterocycles. The fourth-order valence-electron chi connectivity index (χ4n) is 3.23. The molecule has 28 heavy (non-hydrogen) atoms. The standard InChI is InChI=1S/C18H19N3O6S/c1-9(2)12-8-28-17-14(16(23)20(17)15(12)18(24)25)19-13(22)7-10-3-5-11(6-4-10)21(26)27/h3-6,9,14,17H,7-8H2,1-2H3,(H,19,22)(H,24,25)/t14-,17+/m0/s1. The van der Waals surface area contributed by atoms with Gasteiger partial charge in [0, 0.05) is 17.9 Å². The first-order valence-corrected chi connectivity index (χ1v) is 9.69. The molecule has 2 amide bonds. The molecular weight excluding hydrogens is 386 g/mol. The average Bonchev–Trinajstić information content (AvgIpc) is 2.64. The molecule has 0 aliphatic carbocycles. The summed E-state index contributed by atoms with van der Waals surface area (Å²) in [6.45, 7) is 3.76. The molecular formula is C18H19N3O6S. The van der Waals surface area contributed by atoms with E-state index in [2.05, 4.69) is 5.32 Å². The Labute approximate surface area is 164 Å². The van der Waals surface area contributed by atoms with Gasteiger partial charge in [-0.25, -0.2) is 4.79 Å². The van der Waals surface area contributed by atoms with E-state index in [0.717, 1.165) is 0 Å². The highest BCUT2D eigenvalue weighted by molar-refractivity contribution is 8.00. The monoisotopic (exact) mass is 405 g/mol. The molecule has 2 atom stereocenters. The van der Waals surface area contributed by atoms with E-state index >= 15 is 0 Å². The molecule has 148 valence electrons. The molecule has 1 saturated heterocycles. The number of carboxylic acids is 1. The number of aliphatic carboxylic acids is 1. The highest BCUT2D eigenvalue weighted by atomic mass is 32.2. The normalized spacial score (nSPS) is 21.2. The van der Waals surface area contributed by atoms with Crippen LogP contribution in [0.1, 0.15) is 19.4 Å². The van der Waals surface area contributed by atoms with Crippen LogP contribution < -0.4 is 5.32 Å². The van der Waals surface area contributed by atoms with Gasteiger partial charge in [0.05, 0.1) is 11.3 Å². The Balaban J connectivity index is 1.67. The van der Waals surface area contributed by atoms with Crippen LogP contribution in [0.2, 0.25) is 0 Å². The number of nitrogens with zero attached hydrogens (tertiary/aromatic N) is 2. The molecule has 2 aliphatic heterocycles. The predicted molar refractivity (Wildman–Crippen MR) is 101 cm³/mol. The Morgan fingerprint density at radius 3 is 2.54 bits per heavy atom. The van der Waals surface area contributed by atoms with Crippen molar-refractivity contribution < 1.29 is 24.4 Å². The zero-order valence-electron chi connectivity index (χ0n) is 15.2. The van der Waals surface area contributed by atoms with Gasteiger partial charge in [-0.2, -0.15) is 0 Å². The van der Waals surface area contributed by atoms with Crippen LogP contribution in [-0.4, -0.2) is 49.9 Å². The van der Waals surface area contributed by atoms with Gasteiger partial charge in [0.25, 0.3) is 11.6 Å². The molecule has 0 radical (unpaired) electrons. The van der Waals surface area contributed by atoms with E-state index < -0.39 is 34.1 Å². The Hall–Kier alpha value is -2.88. The Morgan fingerprint density at radius 1 is 1.36 bits per heavy atom. The van der Waals surface area contributed by atoms with Crippen molar-refractivity contribution in [1.29, 1.82) is 0 Å². The van der Waals surface area contributed by atoms with E-state index in [1.807, 2.05) is 13.8 Å². The maximum atomic E-state index is 12.5. The molecule has 0 bridgehead atoms.